The van der Waals surface area contributed by atoms with E-state index in [1.165, 1.54) is 22.6 Å². The summed E-state index contributed by atoms with van der Waals surface area (Å²) in [6, 6.07) is 2.08. The van der Waals surface area contributed by atoms with E-state index < -0.39 is 0 Å². The molecule has 1 aromatic rings. The Labute approximate surface area is 72.2 Å². The lowest BCUT2D eigenvalue weighted by Gasteiger charge is -2.01. The Morgan fingerprint density at radius 3 is 3.00 bits per heavy atom. The summed E-state index contributed by atoms with van der Waals surface area (Å²) in [6.45, 7) is 4.30. The van der Waals surface area contributed by atoms with Gasteiger partial charge in [0.2, 0.25) is 0 Å². The van der Waals surface area contributed by atoms with Gasteiger partial charge < -0.3 is 0 Å². The van der Waals surface area contributed by atoms with Gasteiger partial charge in [-0.2, -0.15) is 0 Å². The fourth-order valence-corrected chi connectivity index (χ4v) is 1.70. The largest absolute Gasteiger partial charge is 0.264 e. The van der Waals surface area contributed by atoms with Crippen molar-refractivity contribution in [3.8, 4) is 0 Å². The van der Waals surface area contributed by atoms with Gasteiger partial charge in [-0.15, -0.1) is 11.8 Å². The molecule has 0 aliphatic rings. The van der Waals surface area contributed by atoms with Gasteiger partial charge >= 0.3 is 0 Å². The van der Waals surface area contributed by atoms with Gasteiger partial charge in [-0.3, -0.25) is 4.98 Å². The van der Waals surface area contributed by atoms with Crippen molar-refractivity contribution in [3.05, 3.63) is 24.0 Å². The lowest BCUT2D eigenvalue weighted by atomic mass is 10.3. The van der Waals surface area contributed by atoms with Crippen molar-refractivity contribution in [3.63, 3.8) is 0 Å². The minimum atomic E-state index is 1.20. The summed E-state index contributed by atoms with van der Waals surface area (Å²) >= 11 is 1.91. The Morgan fingerprint density at radius 1 is 1.55 bits per heavy atom. The third-order valence-corrected chi connectivity index (χ3v) is 2.81. The quantitative estimate of drug-likeness (QED) is 0.642. The second-order valence-corrected chi connectivity index (χ2v) is 3.63. The van der Waals surface area contributed by atoms with Crippen LogP contribution >= 0.6 is 11.8 Å². The fraction of sp³-hybridized carbons (Fsp3) is 0.444. The van der Waals surface area contributed by atoms with Crippen LogP contribution in [0.4, 0.5) is 0 Å². The molecular weight excluding hydrogens is 154 g/mol. The van der Waals surface area contributed by atoms with E-state index in [2.05, 4.69) is 24.9 Å². The van der Waals surface area contributed by atoms with Crippen molar-refractivity contribution in [2.45, 2.75) is 25.2 Å². The highest BCUT2D eigenvalue weighted by Crippen LogP contribution is 2.20. The van der Waals surface area contributed by atoms with E-state index in [-0.39, 0.29) is 0 Å². The first-order valence-electron chi connectivity index (χ1n) is 3.88. The maximum atomic E-state index is 4.04. The summed E-state index contributed by atoms with van der Waals surface area (Å²) in [5.41, 5.74) is 1.28. The summed E-state index contributed by atoms with van der Waals surface area (Å²) < 4.78 is 0. The van der Waals surface area contributed by atoms with Gasteiger partial charge in [-0.05, 0) is 30.7 Å². The van der Waals surface area contributed by atoms with Crippen LogP contribution in [0.1, 0.15) is 18.9 Å². The van der Waals surface area contributed by atoms with E-state index in [0.29, 0.717) is 0 Å². The molecule has 11 heavy (non-hydrogen) atoms. The zero-order valence-electron chi connectivity index (χ0n) is 7.00. The highest BCUT2D eigenvalue weighted by atomic mass is 32.2. The Balaban J connectivity index is 2.62. The van der Waals surface area contributed by atoms with Crippen LogP contribution in [-0.4, -0.2) is 10.7 Å². The molecule has 0 atom stereocenters. The summed E-state index contributed by atoms with van der Waals surface area (Å²) in [5.74, 6) is 1.20. The van der Waals surface area contributed by atoms with E-state index in [9.17, 15) is 0 Å². The normalized spacial score (nSPS) is 10.0. The summed E-state index contributed by atoms with van der Waals surface area (Å²) in [5, 5.41) is 0. The zero-order valence-corrected chi connectivity index (χ0v) is 7.82. The predicted molar refractivity (Wildman–Crippen MR) is 50.0 cm³/mol. The van der Waals surface area contributed by atoms with E-state index in [1.807, 2.05) is 24.2 Å². The zero-order chi connectivity index (χ0) is 8.10. The SMILES string of the molecule is CCCSc1ccncc1C. The highest BCUT2D eigenvalue weighted by Gasteiger charge is 1.95. The molecule has 2 heteroatoms. The van der Waals surface area contributed by atoms with E-state index in [4.69, 9.17) is 0 Å². The Morgan fingerprint density at radius 2 is 2.36 bits per heavy atom. The van der Waals surface area contributed by atoms with Crippen molar-refractivity contribution in [1.29, 1.82) is 0 Å². The van der Waals surface area contributed by atoms with E-state index in [0.717, 1.165) is 0 Å². The standard InChI is InChI=1S/C9H13NS/c1-3-6-11-9-4-5-10-7-8(9)2/h4-5,7H,3,6H2,1-2H3. The molecule has 0 aliphatic heterocycles. The Hall–Kier alpha value is -0.500. The monoisotopic (exact) mass is 167 g/mol. The Bertz CT molecular complexity index is 223. The van der Waals surface area contributed by atoms with Crippen LogP contribution in [0, 0.1) is 6.92 Å². The first-order chi connectivity index (χ1) is 5.34. The lowest BCUT2D eigenvalue weighted by Crippen LogP contribution is -1.82. The number of hydrogen-bond acceptors (Lipinski definition) is 2. The number of nitrogens with zero attached hydrogens (tertiary/aromatic N) is 1. The maximum absolute atomic E-state index is 4.04. The number of rotatable bonds is 3. The van der Waals surface area contributed by atoms with Crippen molar-refractivity contribution >= 4 is 11.8 Å². The highest BCUT2D eigenvalue weighted by molar-refractivity contribution is 7.99. The van der Waals surface area contributed by atoms with Gasteiger partial charge in [0.1, 0.15) is 0 Å². The van der Waals surface area contributed by atoms with Crippen LogP contribution in [0.15, 0.2) is 23.4 Å². The molecule has 0 radical (unpaired) electrons. The number of hydrogen-bond donors (Lipinski definition) is 0. The molecule has 0 saturated heterocycles. The van der Waals surface area contributed by atoms with Crippen LogP contribution in [0.5, 0.6) is 0 Å². The summed E-state index contributed by atoms with van der Waals surface area (Å²) in [4.78, 5) is 5.40. The van der Waals surface area contributed by atoms with Crippen LogP contribution in [0.25, 0.3) is 0 Å². The summed E-state index contributed by atoms with van der Waals surface area (Å²) in [6.07, 6.45) is 5.00. The molecule has 1 nitrogen and oxygen atoms in total. The molecule has 1 rings (SSSR count). The fourth-order valence-electron chi connectivity index (χ4n) is 0.835. The second kappa shape index (κ2) is 4.39. The topological polar surface area (TPSA) is 12.9 Å². The average Bonchev–Trinajstić information content (AvgIpc) is 2.03. The van der Waals surface area contributed by atoms with Crippen LogP contribution < -0.4 is 0 Å². The van der Waals surface area contributed by atoms with Crippen molar-refractivity contribution in [2.24, 2.45) is 0 Å². The van der Waals surface area contributed by atoms with Crippen LogP contribution in [0.2, 0.25) is 0 Å². The summed E-state index contributed by atoms with van der Waals surface area (Å²) in [7, 11) is 0. The van der Waals surface area contributed by atoms with Gasteiger partial charge in [-0.25, -0.2) is 0 Å². The molecule has 0 aliphatic carbocycles. The maximum Gasteiger partial charge on any atom is 0.0308 e. The van der Waals surface area contributed by atoms with E-state index >= 15 is 0 Å². The van der Waals surface area contributed by atoms with Crippen molar-refractivity contribution < 1.29 is 0 Å². The molecule has 1 aromatic heterocycles. The second-order valence-electron chi connectivity index (χ2n) is 2.49. The molecule has 0 bridgehead atoms. The minimum Gasteiger partial charge on any atom is -0.264 e. The van der Waals surface area contributed by atoms with Gasteiger partial charge in [0.25, 0.3) is 0 Å². The molecule has 1 heterocycles. The molecule has 0 unspecified atom stereocenters. The number of thioether (sulfide) groups is 1. The molecule has 0 fully saturated rings. The number of aryl methyl sites for hydroxylation is 1. The first kappa shape index (κ1) is 8.60. The minimum absolute atomic E-state index is 1.20. The molecule has 0 spiro atoms. The van der Waals surface area contributed by atoms with Crippen LogP contribution in [0.3, 0.4) is 0 Å². The first-order valence-corrected chi connectivity index (χ1v) is 4.86. The third-order valence-electron chi connectivity index (χ3n) is 1.43. The third kappa shape index (κ3) is 2.54. The Kier molecular flexibility index (Phi) is 3.43. The molecule has 0 amide bonds. The smallest absolute Gasteiger partial charge is 0.0308 e. The van der Waals surface area contributed by atoms with Crippen LogP contribution in [-0.2, 0) is 0 Å². The predicted octanol–water partition coefficient (Wildman–Crippen LogP) is 2.89. The van der Waals surface area contributed by atoms with Gasteiger partial charge in [0, 0.05) is 17.3 Å². The lowest BCUT2D eigenvalue weighted by molar-refractivity contribution is 1.10. The molecule has 0 aromatic carbocycles. The number of pyridine rings is 1. The molecular formula is C9H13NS. The number of aromatic nitrogens is 1. The molecule has 60 valence electrons. The average molecular weight is 167 g/mol. The van der Waals surface area contributed by atoms with Gasteiger partial charge in [0.15, 0.2) is 0 Å². The van der Waals surface area contributed by atoms with Gasteiger partial charge in [0.05, 0.1) is 0 Å². The van der Waals surface area contributed by atoms with Crippen molar-refractivity contribution in [2.75, 3.05) is 5.75 Å². The van der Waals surface area contributed by atoms with Gasteiger partial charge in [-0.1, -0.05) is 6.92 Å². The molecule has 0 saturated carbocycles. The van der Waals surface area contributed by atoms with Crippen molar-refractivity contribution in [1.82, 2.24) is 4.98 Å². The molecule has 0 N–H and O–H groups in total. The van der Waals surface area contributed by atoms with E-state index in [1.54, 1.807) is 0 Å².